The number of esters is 1. The Bertz CT molecular complexity index is 1230. The maximum atomic E-state index is 12.7. The quantitative estimate of drug-likeness (QED) is 0.389. The van der Waals surface area contributed by atoms with Gasteiger partial charge in [-0.3, -0.25) is 14.8 Å². The van der Waals surface area contributed by atoms with Crippen molar-refractivity contribution >= 4 is 55.7 Å². The van der Waals surface area contributed by atoms with E-state index < -0.39 is 21.9 Å². The summed E-state index contributed by atoms with van der Waals surface area (Å²) in [6.07, 6.45) is 0. The summed E-state index contributed by atoms with van der Waals surface area (Å²) in [5, 5.41) is 10.4. The molecule has 1 heterocycles. The molecule has 0 saturated heterocycles. The molecule has 0 saturated carbocycles. The van der Waals surface area contributed by atoms with Gasteiger partial charge in [0.05, 0.1) is 17.9 Å². The molecule has 0 atom stereocenters. The number of hydrogen-bond donors (Lipinski definition) is 2. The van der Waals surface area contributed by atoms with Crippen molar-refractivity contribution in [3.05, 3.63) is 64.2 Å². The monoisotopic (exact) mass is 480 g/mol. The first-order valence-corrected chi connectivity index (χ1v) is 11.6. The first kappa shape index (κ1) is 22.7. The number of nitrogens with zero attached hydrogens (tertiary/aromatic N) is 2. The van der Waals surface area contributed by atoms with E-state index in [-0.39, 0.29) is 27.3 Å². The Balaban J connectivity index is 1.77. The summed E-state index contributed by atoms with van der Waals surface area (Å²) >= 11 is 6.49. The lowest BCUT2D eigenvalue weighted by molar-refractivity contribution is 0.0525. The Morgan fingerprint density at radius 2 is 1.84 bits per heavy atom. The Morgan fingerprint density at radius 1 is 1.13 bits per heavy atom. The van der Waals surface area contributed by atoms with Gasteiger partial charge in [-0.2, -0.15) is 8.42 Å². The zero-order valence-corrected chi connectivity index (χ0v) is 18.8. The lowest BCUT2D eigenvalue weighted by Crippen LogP contribution is -2.15. The van der Waals surface area contributed by atoms with Crippen LogP contribution in [0.1, 0.15) is 33.2 Å². The van der Waals surface area contributed by atoms with E-state index in [1.807, 2.05) is 0 Å². The van der Waals surface area contributed by atoms with Gasteiger partial charge in [0.25, 0.3) is 20.3 Å². The van der Waals surface area contributed by atoms with E-state index in [0.29, 0.717) is 27.5 Å². The Morgan fingerprint density at radius 3 is 2.52 bits per heavy atom. The predicted octanol–water partition coefficient (Wildman–Crippen LogP) is 3.73. The SMILES string of the molecule is CCOC(=O)c1cccc(NS(=O)(=O)c2nnc(NC(=O)c3ccc(Cl)cc3)s2)c1C. The number of rotatable bonds is 7. The van der Waals surface area contributed by atoms with Crippen molar-refractivity contribution in [1.29, 1.82) is 0 Å². The number of hydrogen-bond acceptors (Lipinski definition) is 8. The van der Waals surface area contributed by atoms with E-state index in [4.69, 9.17) is 16.3 Å². The standard InChI is InChI=1S/C19H17ClN4O5S2/c1-3-29-17(26)14-5-4-6-15(11(14)2)24-31(27,28)19-23-22-18(30-19)21-16(25)12-7-9-13(20)10-8-12/h4-10,24H,3H2,1-2H3,(H,21,22,25). The number of aromatic nitrogens is 2. The van der Waals surface area contributed by atoms with Crippen LogP contribution < -0.4 is 10.0 Å². The number of ether oxygens (including phenoxy) is 1. The van der Waals surface area contributed by atoms with Gasteiger partial charge in [0.2, 0.25) is 5.13 Å². The first-order chi connectivity index (χ1) is 14.7. The average molecular weight is 481 g/mol. The second-order valence-electron chi connectivity index (χ2n) is 6.14. The summed E-state index contributed by atoms with van der Waals surface area (Å²) in [4.78, 5) is 24.3. The van der Waals surface area contributed by atoms with Gasteiger partial charge in [0.1, 0.15) is 0 Å². The number of anilines is 2. The second-order valence-corrected chi connectivity index (χ2v) is 9.41. The van der Waals surface area contributed by atoms with Crippen molar-refractivity contribution < 1.29 is 22.7 Å². The van der Waals surface area contributed by atoms with E-state index >= 15 is 0 Å². The number of benzene rings is 2. The van der Waals surface area contributed by atoms with Gasteiger partial charge in [-0.1, -0.05) is 29.0 Å². The third-order valence-corrected chi connectivity index (χ3v) is 6.86. The molecule has 0 aliphatic rings. The number of nitrogens with one attached hydrogen (secondary N) is 2. The minimum absolute atomic E-state index is 0.0114. The van der Waals surface area contributed by atoms with Crippen LogP contribution in [-0.2, 0) is 14.8 Å². The second kappa shape index (κ2) is 9.41. The zero-order valence-electron chi connectivity index (χ0n) is 16.4. The molecule has 3 rings (SSSR count). The van der Waals surface area contributed by atoms with E-state index in [2.05, 4.69) is 20.2 Å². The lowest BCUT2D eigenvalue weighted by atomic mass is 10.1. The van der Waals surface area contributed by atoms with Crippen molar-refractivity contribution in [1.82, 2.24) is 10.2 Å². The molecule has 0 aliphatic carbocycles. The molecule has 0 spiro atoms. The highest BCUT2D eigenvalue weighted by Crippen LogP contribution is 2.26. The molecular formula is C19H17ClN4O5S2. The fraction of sp³-hybridized carbons (Fsp3) is 0.158. The fourth-order valence-corrected chi connectivity index (χ4v) is 4.65. The highest BCUT2D eigenvalue weighted by Gasteiger charge is 2.23. The molecule has 162 valence electrons. The minimum Gasteiger partial charge on any atom is -0.462 e. The van der Waals surface area contributed by atoms with Crippen LogP contribution in [0.4, 0.5) is 10.8 Å². The summed E-state index contributed by atoms with van der Waals surface area (Å²) in [5.41, 5.74) is 1.18. The number of halogens is 1. The van der Waals surface area contributed by atoms with E-state index in [0.717, 1.165) is 0 Å². The first-order valence-electron chi connectivity index (χ1n) is 8.91. The molecule has 0 radical (unpaired) electrons. The number of amides is 1. The Hall–Kier alpha value is -3.02. The Labute approximate surface area is 187 Å². The van der Waals surface area contributed by atoms with Gasteiger partial charge in [0.15, 0.2) is 0 Å². The summed E-state index contributed by atoms with van der Waals surface area (Å²) in [5.74, 6) is -1.04. The number of carbonyl (C=O) groups excluding carboxylic acids is 2. The van der Waals surface area contributed by atoms with Crippen LogP contribution in [-0.4, -0.2) is 37.1 Å². The third kappa shape index (κ3) is 5.37. The van der Waals surface area contributed by atoms with Gasteiger partial charge in [-0.05, 0) is 55.8 Å². The summed E-state index contributed by atoms with van der Waals surface area (Å²) < 4.78 is 32.5. The molecule has 0 bridgehead atoms. The number of sulfonamides is 1. The van der Waals surface area contributed by atoms with Crippen molar-refractivity contribution in [2.45, 2.75) is 18.2 Å². The van der Waals surface area contributed by atoms with Gasteiger partial charge < -0.3 is 4.74 Å². The Kier molecular flexibility index (Phi) is 6.88. The maximum Gasteiger partial charge on any atom is 0.338 e. The summed E-state index contributed by atoms with van der Waals surface area (Å²) in [7, 11) is -4.10. The zero-order chi connectivity index (χ0) is 22.6. The van der Waals surface area contributed by atoms with Crippen LogP contribution in [0.25, 0.3) is 0 Å². The highest BCUT2D eigenvalue weighted by molar-refractivity contribution is 7.94. The molecule has 1 aromatic heterocycles. The van der Waals surface area contributed by atoms with Crippen LogP contribution in [0.5, 0.6) is 0 Å². The van der Waals surface area contributed by atoms with Gasteiger partial charge in [-0.15, -0.1) is 10.2 Å². The smallest absolute Gasteiger partial charge is 0.338 e. The number of carbonyl (C=O) groups is 2. The van der Waals surface area contributed by atoms with Crippen molar-refractivity contribution in [2.75, 3.05) is 16.6 Å². The molecule has 3 aromatic rings. The fourth-order valence-electron chi connectivity index (χ4n) is 2.50. The predicted molar refractivity (Wildman–Crippen MR) is 117 cm³/mol. The summed E-state index contributed by atoms with van der Waals surface area (Å²) in [6, 6.07) is 10.8. The van der Waals surface area contributed by atoms with E-state index in [9.17, 15) is 18.0 Å². The molecule has 0 aliphatic heterocycles. The summed E-state index contributed by atoms with van der Waals surface area (Å²) in [6.45, 7) is 3.48. The van der Waals surface area contributed by atoms with Crippen molar-refractivity contribution in [3.8, 4) is 0 Å². The van der Waals surface area contributed by atoms with Gasteiger partial charge in [0, 0.05) is 10.6 Å². The molecule has 31 heavy (non-hydrogen) atoms. The molecule has 12 heteroatoms. The molecule has 9 nitrogen and oxygen atoms in total. The molecule has 0 unspecified atom stereocenters. The average Bonchev–Trinajstić information content (AvgIpc) is 3.19. The molecule has 0 fully saturated rings. The molecular weight excluding hydrogens is 464 g/mol. The van der Waals surface area contributed by atoms with Crippen LogP contribution >= 0.6 is 22.9 Å². The van der Waals surface area contributed by atoms with E-state index in [1.165, 1.54) is 24.3 Å². The highest BCUT2D eigenvalue weighted by atomic mass is 35.5. The molecule has 1 amide bonds. The largest absolute Gasteiger partial charge is 0.462 e. The molecule has 2 aromatic carbocycles. The van der Waals surface area contributed by atoms with Crippen molar-refractivity contribution in [3.63, 3.8) is 0 Å². The van der Waals surface area contributed by atoms with Crippen LogP contribution in [0, 0.1) is 6.92 Å². The van der Waals surface area contributed by atoms with E-state index in [1.54, 1.807) is 32.0 Å². The van der Waals surface area contributed by atoms with Crippen LogP contribution in [0.15, 0.2) is 46.8 Å². The topological polar surface area (TPSA) is 127 Å². The maximum absolute atomic E-state index is 12.7. The van der Waals surface area contributed by atoms with Crippen LogP contribution in [0.2, 0.25) is 5.02 Å². The third-order valence-electron chi connectivity index (χ3n) is 4.04. The normalized spacial score (nSPS) is 11.1. The van der Waals surface area contributed by atoms with Crippen LogP contribution in [0.3, 0.4) is 0 Å². The lowest BCUT2D eigenvalue weighted by Gasteiger charge is -2.11. The van der Waals surface area contributed by atoms with Gasteiger partial charge >= 0.3 is 5.97 Å². The molecule has 2 N–H and O–H groups in total. The van der Waals surface area contributed by atoms with Gasteiger partial charge in [-0.25, -0.2) is 4.79 Å². The minimum atomic E-state index is -4.10. The van der Waals surface area contributed by atoms with Crippen molar-refractivity contribution in [2.24, 2.45) is 0 Å².